The maximum Gasteiger partial charge on any atom is 0.181 e. The van der Waals surface area contributed by atoms with Crippen LogP contribution in [0.1, 0.15) is 24.1 Å². The van der Waals surface area contributed by atoms with Crippen molar-refractivity contribution in [2.24, 2.45) is 7.05 Å². The summed E-state index contributed by atoms with van der Waals surface area (Å²) in [5.74, 6) is 0. The summed E-state index contributed by atoms with van der Waals surface area (Å²) in [5.41, 5.74) is 2.85. The molecule has 96 valence electrons. The fourth-order valence-electron chi connectivity index (χ4n) is 2.34. The number of halogens is 1. The van der Waals surface area contributed by atoms with Crippen LogP contribution in [0.25, 0.3) is 10.8 Å². The third kappa shape index (κ3) is 3.10. The van der Waals surface area contributed by atoms with E-state index < -0.39 is 0 Å². The second kappa shape index (κ2) is 6.88. The van der Waals surface area contributed by atoms with E-state index in [0.29, 0.717) is 0 Å². The summed E-state index contributed by atoms with van der Waals surface area (Å²) in [5, 5.41) is 2.72. The van der Waals surface area contributed by atoms with Gasteiger partial charge in [-0.25, -0.2) is 4.57 Å². The van der Waals surface area contributed by atoms with Crippen LogP contribution in [0.5, 0.6) is 0 Å². The van der Waals surface area contributed by atoms with Crippen molar-refractivity contribution in [1.29, 1.82) is 0 Å². The normalized spacial score (nSPS) is 10.1. The molecule has 1 heterocycles. The van der Waals surface area contributed by atoms with Gasteiger partial charge in [0.1, 0.15) is 7.05 Å². The van der Waals surface area contributed by atoms with Crippen molar-refractivity contribution in [3.05, 3.63) is 54.4 Å². The molecule has 1 nitrogen and oxygen atoms in total. The van der Waals surface area contributed by atoms with Gasteiger partial charge < -0.3 is 24.0 Å². The Morgan fingerprint density at radius 3 is 2.72 bits per heavy atom. The van der Waals surface area contributed by atoms with E-state index in [-0.39, 0.29) is 24.0 Å². The van der Waals surface area contributed by atoms with E-state index in [1.54, 1.807) is 0 Å². The van der Waals surface area contributed by atoms with Crippen LogP contribution in [0, 0.1) is 6.92 Å². The molecule has 0 aliphatic carbocycles. The molecule has 2 heteroatoms. The molecular formula is C16H20IN. The number of allylic oxidation sites excluding steroid dienone is 1. The van der Waals surface area contributed by atoms with Crippen molar-refractivity contribution in [3.63, 3.8) is 0 Å². The first-order valence-electron chi connectivity index (χ1n) is 6.22. The highest BCUT2D eigenvalue weighted by molar-refractivity contribution is 5.84. The van der Waals surface area contributed by atoms with E-state index in [2.05, 4.69) is 55.6 Å². The zero-order valence-electron chi connectivity index (χ0n) is 11.1. The predicted octanol–water partition coefficient (Wildman–Crippen LogP) is 0.485. The minimum Gasteiger partial charge on any atom is -1.00 e. The van der Waals surface area contributed by atoms with E-state index in [1.807, 2.05) is 6.08 Å². The Kier molecular flexibility index (Phi) is 5.79. The van der Waals surface area contributed by atoms with Crippen molar-refractivity contribution >= 4 is 10.8 Å². The molecule has 0 bridgehead atoms. The molecule has 0 atom stereocenters. The van der Waals surface area contributed by atoms with Crippen LogP contribution in [0.2, 0.25) is 0 Å². The minimum absolute atomic E-state index is 0. The first kappa shape index (κ1) is 15.2. The van der Waals surface area contributed by atoms with Gasteiger partial charge >= 0.3 is 0 Å². The summed E-state index contributed by atoms with van der Waals surface area (Å²) >= 11 is 0. The molecule has 1 aromatic carbocycles. The maximum absolute atomic E-state index is 3.79. The number of aromatic nitrogens is 1. The Morgan fingerprint density at radius 1 is 1.28 bits per heavy atom. The fourth-order valence-corrected chi connectivity index (χ4v) is 2.34. The second-order valence-electron chi connectivity index (χ2n) is 4.57. The van der Waals surface area contributed by atoms with Crippen LogP contribution in [-0.4, -0.2) is 0 Å². The smallest absolute Gasteiger partial charge is 0.181 e. The highest BCUT2D eigenvalue weighted by Gasteiger charge is 2.12. The van der Waals surface area contributed by atoms with Gasteiger partial charge in [-0.15, -0.1) is 6.58 Å². The Bertz CT molecular complexity index is 546. The lowest BCUT2D eigenvalue weighted by molar-refractivity contribution is -0.676. The lowest BCUT2D eigenvalue weighted by atomic mass is 9.99. The lowest BCUT2D eigenvalue weighted by Gasteiger charge is -2.08. The van der Waals surface area contributed by atoms with E-state index in [9.17, 15) is 0 Å². The summed E-state index contributed by atoms with van der Waals surface area (Å²) in [6.07, 6.45) is 7.61. The second-order valence-corrected chi connectivity index (χ2v) is 4.57. The van der Waals surface area contributed by atoms with E-state index in [1.165, 1.54) is 28.5 Å². The average Bonchev–Trinajstić information content (AvgIpc) is 2.34. The quantitative estimate of drug-likeness (QED) is 0.326. The fraction of sp³-hybridized carbons (Fsp3) is 0.312. The summed E-state index contributed by atoms with van der Waals surface area (Å²) < 4.78 is 2.23. The average molecular weight is 353 g/mol. The number of unbranched alkanes of at least 4 members (excludes halogenated alkanes) is 1. The molecule has 1 aromatic heterocycles. The van der Waals surface area contributed by atoms with Gasteiger partial charge in [-0.2, -0.15) is 0 Å². The molecule has 2 aromatic rings. The van der Waals surface area contributed by atoms with Gasteiger partial charge in [-0.05, 0) is 30.7 Å². The number of benzene rings is 1. The van der Waals surface area contributed by atoms with Gasteiger partial charge in [0.15, 0.2) is 11.9 Å². The molecule has 0 N–H and O–H groups in total. The third-order valence-corrected chi connectivity index (χ3v) is 3.42. The number of nitrogens with zero attached hydrogens (tertiary/aromatic N) is 1. The van der Waals surface area contributed by atoms with Crippen molar-refractivity contribution < 1.29 is 28.5 Å². The zero-order chi connectivity index (χ0) is 12.3. The van der Waals surface area contributed by atoms with Gasteiger partial charge in [0.2, 0.25) is 0 Å². The lowest BCUT2D eigenvalue weighted by Crippen LogP contribution is -3.00. The SMILES string of the molecule is C=CCCCc1c(C)[n+](C)cc2ccccc12.[I-]. The molecular weight excluding hydrogens is 333 g/mol. The van der Waals surface area contributed by atoms with Crippen molar-refractivity contribution in [1.82, 2.24) is 0 Å². The van der Waals surface area contributed by atoms with Crippen LogP contribution in [-0.2, 0) is 13.5 Å². The molecule has 0 aliphatic heterocycles. The van der Waals surface area contributed by atoms with Crippen LogP contribution in [0.3, 0.4) is 0 Å². The van der Waals surface area contributed by atoms with Crippen molar-refractivity contribution in [3.8, 4) is 0 Å². The van der Waals surface area contributed by atoms with E-state index >= 15 is 0 Å². The molecule has 0 unspecified atom stereocenters. The Balaban J connectivity index is 0.00000162. The Labute approximate surface area is 127 Å². The molecule has 18 heavy (non-hydrogen) atoms. The number of rotatable bonds is 4. The number of aryl methyl sites for hydroxylation is 2. The summed E-state index contributed by atoms with van der Waals surface area (Å²) in [6.45, 7) is 5.99. The van der Waals surface area contributed by atoms with E-state index in [4.69, 9.17) is 0 Å². The largest absolute Gasteiger partial charge is 1.00 e. The van der Waals surface area contributed by atoms with Crippen LogP contribution in [0.4, 0.5) is 0 Å². The molecule has 0 saturated carbocycles. The van der Waals surface area contributed by atoms with Crippen molar-refractivity contribution in [2.75, 3.05) is 0 Å². The molecule has 0 spiro atoms. The van der Waals surface area contributed by atoms with Crippen LogP contribution >= 0.6 is 0 Å². The summed E-state index contributed by atoms with van der Waals surface area (Å²) in [7, 11) is 2.12. The van der Waals surface area contributed by atoms with Gasteiger partial charge in [0, 0.05) is 17.9 Å². The first-order chi connectivity index (χ1) is 8.24. The summed E-state index contributed by atoms with van der Waals surface area (Å²) in [6, 6.07) is 8.64. The van der Waals surface area contributed by atoms with Gasteiger partial charge in [-0.1, -0.05) is 24.3 Å². The monoisotopic (exact) mass is 353 g/mol. The standard InChI is InChI=1S/C16H20N.HI/c1-4-5-6-10-15-13(2)17(3)12-14-9-7-8-11-16(14)15;/h4,7-9,11-12H,1,5-6,10H2,2-3H3;1H/q+1;/p-1. The predicted molar refractivity (Wildman–Crippen MR) is 73.0 cm³/mol. The van der Waals surface area contributed by atoms with Gasteiger partial charge in [-0.3, -0.25) is 0 Å². The minimum atomic E-state index is 0. The molecule has 0 fully saturated rings. The highest BCUT2D eigenvalue weighted by Crippen LogP contribution is 2.21. The maximum atomic E-state index is 3.79. The van der Waals surface area contributed by atoms with E-state index in [0.717, 1.165) is 12.8 Å². The van der Waals surface area contributed by atoms with Crippen LogP contribution in [0.15, 0.2) is 43.1 Å². The number of hydrogen-bond acceptors (Lipinski definition) is 0. The number of hydrogen-bond donors (Lipinski definition) is 0. The first-order valence-corrected chi connectivity index (χ1v) is 6.22. The molecule has 2 rings (SSSR count). The van der Waals surface area contributed by atoms with Gasteiger partial charge in [0.25, 0.3) is 0 Å². The Hall–Kier alpha value is -0.900. The Morgan fingerprint density at radius 2 is 2.00 bits per heavy atom. The summed E-state index contributed by atoms with van der Waals surface area (Å²) in [4.78, 5) is 0. The molecule has 0 radical (unpaired) electrons. The zero-order valence-corrected chi connectivity index (χ0v) is 13.3. The topological polar surface area (TPSA) is 3.88 Å². The van der Waals surface area contributed by atoms with Crippen molar-refractivity contribution in [2.45, 2.75) is 26.2 Å². The molecule has 0 amide bonds. The molecule has 0 aliphatic rings. The molecule has 0 saturated heterocycles. The third-order valence-electron chi connectivity index (χ3n) is 3.42. The number of pyridine rings is 1. The number of fused-ring (bicyclic) bond motifs is 1. The highest BCUT2D eigenvalue weighted by atomic mass is 127. The van der Waals surface area contributed by atoms with Gasteiger partial charge in [0.05, 0.1) is 0 Å². The van der Waals surface area contributed by atoms with Crippen LogP contribution < -0.4 is 28.5 Å².